The maximum absolute atomic E-state index is 12.8. The first kappa shape index (κ1) is 62.3. The first-order chi connectivity index (χ1) is 32.5. The minimum Gasteiger partial charge on any atom is -0.462 e. The third kappa shape index (κ3) is 51.3. The van der Waals surface area contributed by atoms with E-state index in [0.29, 0.717) is 19.3 Å². The second kappa shape index (κ2) is 53.9. The van der Waals surface area contributed by atoms with E-state index in [-0.39, 0.29) is 37.5 Å². The van der Waals surface area contributed by atoms with Gasteiger partial charge < -0.3 is 14.2 Å². The first-order valence-electron chi connectivity index (χ1n) is 27.3. The number of ether oxygens (including phenoxy) is 3. The minimum atomic E-state index is -0.814. The van der Waals surface area contributed by atoms with Crippen LogP contribution in [0.15, 0.2) is 97.2 Å². The summed E-state index contributed by atoms with van der Waals surface area (Å²) in [6.45, 7) is 6.41. The second-order valence-corrected chi connectivity index (χ2v) is 17.9. The third-order valence-corrected chi connectivity index (χ3v) is 11.5. The molecule has 0 aliphatic heterocycles. The Hall–Kier alpha value is -3.67. The van der Waals surface area contributed by atoms with Crippen molar-refractivity contribution < 1.29 is 28.6 Å². The van der Waals surface area contributed by atoms with Gasteiger partial charge in [-0.15, -0.1) is 0 Å². The molecule has 0 saturated heterocycles. The average Bonchev–Trinajstić information content (AvgIpc) is 3.31. The number of esters is 3. The maximum atomic E-state index is 12.8. The molecule has 0 aromatic carbocycles. The Kier molecular flexibility index (Phi) is 50.9. The highest BCUT2D eigenvalue weighted by Gasteiger charge is 2.19. The maximum Gasteiger partial charge on any atom is 0.306 e. The van der Waals surface area contributed by atoms with Crippen LogP contribution in [0.1, 0.15) is 245 Å². The van der Waals surface area contributed by atoms with Crippen LogP contribution in [0.4, 0.5) is 0 Å². The van der Waals surface area contributed by atoms with Crippen LogP contribution >= 0.6 is 0 Å². The summed E-state index contributed by atoms with van der Waals surface area (Å²) in [4.78, 5) is 38.0. The number of unbranched alkanes of at least 4 members (excludes halogenated alkanes) is 27. The standard InChI is InChI=1S/C60H100O6/c1-4-7-10-13-16-19-22-25-27-29-31-32-35-38-41-44-47-50-53-59(62)65-56-57(55-64-58(61)52-49-46-43-40-37-34-24-21-18-15-12-9-6-3)66-60(63)54-51-48-45-42-39-36-33-30-28-26-23-20-17-14-11-8-5-2/h9,12,15,18,21-22,24-25,27,29,31-32,34,37,40,43,57H,4-8,10-11,13-14,16-17,19-20,23,26,28,30,33,35-36,38-39,41-42,44-56H2,1-3H3/b12-9-,18-15-,24-21-,25-22-,29-27-,32-31-,37-34-,43-40-. The molecule has 0 spiro atoms. The Morgan fingerprint density at radius 1 is 0.318 bits per heavy atom. The summed E-state index contributed by atoms with van der Waals surface area (Å²) >= 11 is 0. The lowest BCUT2D eigenvalue weighted by molar-refractivity contribution is -0.167. The van der Waals surface area contributed by atoms with Crippen LogP contribution in [0.3, 0.4) is 0 Å². The summed E-state index contributed by atoms with van der Waals surface area (Å²) in [5.41, 5.74) is 0. The molecule has 0 rings (SSSR count). The van der Waals surface area contributed by atoms with Crippen LogP contribution in [-0.2, 0) is 28.6 Å². The lowest BCUT2D eigenvalue weighted by atomic mass is 10.0. The van der Waals surface area contributed by atoms with E-state index >= 15 is 0 Å². The fourth-order valence-electron chi connectivity index (χ4n) is 7.42. The van der Waals surface area contributed by atoms with Crippen molar-refractivity contribution in [2.24, 2.45) is 0 Å². The van der Waals surface area contributed by atoms with Crippen molar-refractivity contribution in [3.05, 3.63) is 97.2 Å². The van der Waals surface area contributed by atoms with E-state index in [4.69, 9.17) is 14.2 Å². The zero-order chi connectivity index (χ0) is 47.9. The van der Waals surface area contributed by atoms with Crippen molar-refractivity contribution >= 4 is 17.9 Å². The SMILES string of the molecule is CC\C=C/C=C\C=C/C=C\C=C/CCCC(=O)OCC(COC(=O)CCCCCCC\C=C/C=C\C=C/CCCCCCC)OC(=O)CCCCCCCCCCCCCCCCCCC. The molecule has 0 aromatic rings. The number of allylic oxidation sites excluding steroid dienone is 16. The van der Waals surface area contributed by atoms with E-state index in [2.05, 4.69) is 63.3 Å². The fourth-order valence-corrected chi connectivity index (χ4v) is 7.42. The van der Waals surface area contributed by atoms with Crippen LogP contribution < -0.4 is 0 Å². The highest BCUT2D eigenvalue weighted by Crippen LogP contribution is 2.15. The first-order valence-corrected chi connectivity index (χ1v) is 27.3. The Morgan fingerprint density at radius 3 is 0.985 bits per heavy atom. The molecule has 0 radical (unpaired) electrons. The van der Waals surface area contributed by atoms with Crippen LogP contribution in [0.2, 0.25) is 0 Å². The van der Waals surface area contributed by atoms with Crippen LogP contribution in [-0.4, -0.2) is 37.2 Å². The van der Waals surface area contributed by atoms with Gasteiger partial charge in [-0.1, -0.05) is 266 Å². The zero-order valence-electron chi connectivity index (χ0n) is 42.9. The predicted molar refractivity (Wildman–Crippen MR) is 284 cm³/mol. The van der Waals surface area contributed by atoms with Crippen molar-refractivity contribution in [1.29, 1.82) is 0 Å². The van der Waals surface area contributed by atoms with Gasteiger partial charge in [0.25, 0.3) is 0 Å². The molecule has 66 heavy (non-hydrogen) atoms. The molecule has 6 nitrogen and oxygen atoms in total. The number of carbonyl (C=O) groups excluding carboxylic acids is 3. The van der Waals surface area contributed by atoms with Gasteiger partial charge in [-0.2, -0.15) is 0 Å². The second-order valence-electron chi connectivity index (χ2n) is 17.9. The van der Waals surface area contributed by atoms with Gasteiger partial charge in [0.2, 0.25) is 0 Å². The molecule has 0 saturated carbocycles. The normalized spacial score (nSPS) is 12.8. The average molecular weight is 917 g/mol. The highest BCUT2D eigenvalue weighted by atomic mass is 16.6. The smallest absolute Gasteiger partial charge is 0.306 e. The summed E-state index contributed by atoms with van der Waals surface area (Å²) in [5, 5.41) is 0. The van der Waals surface area contributed by atoms with E-state index in [1.165, 1.54) is 122 Å². The molecule has 0 heterocycles. The van der Waals surface area contributed by atoms with Gasteiger partial charge in [-0.05, 0) is 57.8 Å². The molecule has 0 bridgehead atoms. The van der Waals surface area contributed by atoms with Crippen LogP contribution in [0.25, 0.3) is 0 Å². The Morgan fingerprint density at radius 2 is 0.606 bits per heavy atom. The topological polar surface area (TPSA) is 78.9 Å². The molecule has 376 valence electrons. The molecule has 0 aliphatic carbocycles. The molecule has 0 fully saturated rings. The van der Waals surface area contributed by atoms with Gasteiger partial charge in [-0.25, -0.2) is 0 Å². The van der Waals surface area contributed by atoms with Crippen molar-refractivity contribution in [2.75, 3.05) is 13.2 Å². The Labute approximate surface area is 407 Å². The third-order valence-electron chi connectivity index (χ3n) is 11.5. The molecule has 6 heteroatoms. The number of rotatable bonds is 48. The largest absolute Gasteiger partial charge is 0.462 e. The molecular weight excluding hydrogens is 817 g/mol. The van der Waals surface area contributed by atoms with E-state index in [1.54, 1.807) is 0 Å². The highest BCUT2D eigenvalue weighted by molar-refractivity contribution is 5.71. The van der Waals surface area contributed by atoms with E-state index < -0.39 is 6.10 Å². The lowest BCUT2D eigenvalue weighted by Gasteiger charge is -2.18. The summed E-state index contributed by atoms with van der Waals surface area (Å²) in [7, 11) is 0. The van der Waals surface area contributed by atoms with Gasteiger partial charge in [0, 0.05) is 19.3 Å². The Bertz CT molecular complexity index is 1330. The number of carbonyl (C=O) groups is 3. The number of hydrogen-bond acceptors (Lipinski definition) is 6. The molecule has 0 aliphatic rings. The summed E-state index contributed by atoms with van der Waals surface area (Å²) < 4.78 is 16.7. The van der Waals surface area contributed by atoms with E-state index in [9.17, 15) is 14.4 Å². The quantitative estimate of drug-likeness (QED) is 0.0262. The van der Waals surface area contributed by atoms with Crippen molar-refractivity contribution in [3.63, 3.8) is 0 Å². The van der Waals surface area contributed by atoms with Gasteiger partial charge in [0.1, 0.15) is 13.2 Å². The molecular formula is C60H100O6. The molecule has 0 aromatic heterocycles. The van der Waals surface area contributed by atoms with Gasteiger partial charge in [-0.3, -0.25) is 14.4 Å². The van der Waals surface area contributed by atoms with E-state index in [1.807, 2.05) is 54.7 Å². The lowest BCUT2D eigenvalue weighted by Crippen LogP contribution is -2.30. The van der Waals surface area contributed by atoms with Crippen LogP contribution in [0.5, 0.6) is 0 Å². The summed E-state index contributed by atoms with van der Waals surface area (Å²) in [5.74, 6) is -1.00. The predicted octanol–water partition coefficient (Wildman–Crippen LogP) is 18.1. The number of hydrogen-bond donors (Lipinski definition) is 0. The van der Waals surface area contributed by atoms with Crippen molar-refractivity contribution in [2.45, 2.75) is 252 Å². The Balaban J connectivity index is 4.49. The summed E-state index contributed by atoms with van der Waals surface area (Å²) in [6.07, 6.45) is 71.2. The fraction of sp³-hybridized carbons (Fsp3) is 0.683. The van der Waals surface area contributed by atoms with Crippen LogP contribution in [0, 0.1) is 0 Å². The molecule has 1 atom stereocenters. The minimum absolute atomic E-state index is 0.110. The van der Waals surface area contributed by atoms with Crippen molar-refractivity contribution in [3.8, 4) is 0 Å². The van der Waals surface area contributed by atoms with E-state index in [0.717, 1.165) is 77.0 Å². The molecule has 0 amide bonds. The molecule has 1 unspecified atom stereocenters. The van der Waals surface area contributed by atoms with Crippen molar-refractivity contribution in [1.82, 2.24) is 0 Å². The van der Waals surface area contributed by atoms with Gasteiger partial charge in [0.15, 0.2) is 6.10 Å². The molecule has 0 N–H and O–H groups in total. The monoisotopic (exact) mass is 917 g/mol. The van der Waals surface area contributed by atoms with Gasteiger partial charge >= 0.3 is 17.9 Å². The summed E-state index contributed by atoms with van der Waals surface area (Å²) in [6, 6.07) is 0. The van der Waals surface area contributed by atoms with Gasteiger partial charge in [0.05, 0.1) is 0 Å². The zero-order valence-corrected chi connectivity index (χ0v) is 42.9.